The molecule has 8 saturated heterocycles. The SMILES string of the molecule is C[C@H]1[C@H](CC(C[C@H]2O[C@@H]3O[C@]4(C)CC[C@H]5[C@H](C)CC[C@@H]([C@H]2C)[C@@]35OO4)C(=O)O)O[C@@H]2O[C@]3(C)CC[C@H]4[C@H](C)CC[C@@H]1[C@@]24OO3. The molecule has 10 rings (SSSR count). The van der Waals surface area contributed by atoms with Gasteiger partial charge in [-0.15, -0.1) is 0 Å². The van der Waals surface area contributed by atoms with Crippen LogP contribution in [0.1, 0.15) is 106 Å². The third-order valence-corrected chi connectivity index (χ3v) is 14.0. The van der Waals surface area contributed by atoms with Crippen LogP contribution in [0.2, 0.25) is 0 Å². The van der Waals surface area contributed by atoms with E-state index < -0.39 is 47.2 Å². The summed E-state index contributed by atoms with van der Waals surface area (Å²) in [4.78, 5) is 37.5. The van der Waals surface area contributed by atoms with Crippen LogP contribution in [0, 0.1) is 53.3 Å². The fourth-order valence-electron chi connectivity index (χ4n) is 11.4. The predicted octanol–water partition coefficient (Wildman–Crippen LogP) is 5.97. The summed E-state index contributed by atoms with van der Waals surface area (Å²) in [5.41, 5.74) is -1.30. The Morgan fingerprint density at radius 3 is 1.50 bits per heavy atom. The van der Waals surface area contributed by atoms with E-state index in [1.165, 1.54) is 0 Å². The minimum absolute atomic E-state index is 0.0951. The highest BCUT2D eigenvalue weighted by Crippen LogP contribution is 2.63. The number of hydrogen-bond donors (Lipinski definition) is 1. The van der Waals surface area contributed by atoms with Crippen LogP contribution in [0.15, 0.2) is 0 Å². The number of hydrogen-bond acceptors (Lipinski definition) is 9. The second-order valence-corrected chi connectivity index (χ2v) is 16.4. The standard InChI is InChI=1S/C34H52O10/c1-17-7-9-24-19(3)26(37-29-33(24)22(17)11-13-31(5,39-29)41-43-33)15-21(28(35)36)16-27-20(4)25-10-8-18(2)23-12-14-32(6)40-30(38-27)34(23,25)44-42-32/h17-27,29-30H,7-16H2,1-6H3,(H,35,36)/t17-,18-,19-,20-,21?,22+,23+,24+,25+,26-,27+,29-,30-,31+,32+,33-,34-/m1/s1. The minimum atomic E-state index is -0.855. The van der Waals surface area contributed by atoms with Crippen molar-refractivity contribution in [2.75, 3.05) is 0 Å². The number of carboxylic acid groups (broad SMARTS) is 1. The lowest BCUT2D eigenvalue weighted by Gasteiger charge is -2.61. The molecule has 10 fully saturated rings. The molecular formula is C34H52O10. The average molecular weight is 621 g/mol. The van der Waals surface area contributed by atoms with E-state index in [0.717, 1.165) is 51.4 Å². The van der Waals surface area contributed by atoms with Crippen LogP contribution >= 0.6 is 0 Å². The lowest BCUT2D eigenvalue weighted by Crippen LogP contribution is -2.70. The van der Waals surface area contributed by atoms with Gasteiger partial charge in [0.25, 0.3) is 0 Å². The molecule has 10 nitrogen and oxygen atoms in total. The van der Waals surface area contributed by atoms with Gasteiger partial charge in [0.05, 0.1) is 18.1 Å². The Morgan fingerprint density at radius 2 is 1.09 bits per heavy atom. The first-order valence-corrected chi connectivity index (χ1v) is 17.5. The number of carboxylic acids is 1. The maximum Gasteiger partial charge on any atom is 0.306 e. The summed E-state index contributed by atoms with van der Waals surface area (Å²) in [5, 5.41) is 10.6. The van der Waals surface area contributed by atoms with E-state index in [-0.39, 0.29) is 47.7 Å². The van der Waals surface area contributed by atoms with Gasteiger partial charge in [0.2, 0.25) is 11.6 Å². The lowest BCUT2D eigenvalue weighted by atomic mass is 9.56. The van der Waals surface area contributed by atoms with E-state index in [1.54, 1.807) is 0 Å². The summed E-state index contributed by atoms with van der Waals surface area (Å²) in [7, 11) is 0. The molecule has 1 unspecified atom stereocenters. The molecule has 8 heterocycles. The maximum absolute atomic E-state index is 12.9. The molecule has 0 amide bonds. The number of fused-ring (bicyclic) bond motifs is 4. The van der Waals surface area contributed by atoms with Crippen LogP contribution in [0.5, 0.6) is 0 Å². The first-order chi connectivity index (χ1) is 20.9. The van der Waals surface area contributed by atoms with Gasteiger partial charge in [-0.05, 0) is 101 Å². The molecule has 1 N–H and O–H groups in total. The van der Waals surface area contributed by atoms with Crippen molar-refractivity contribution < 1.29 is 48.4 Å². The third kappa shape index (κ3) is 4.24. The third-order valence-electron chi connectivity index (χ3n) is 14.0. The monoisotopic (exact) mass is 620 g/mol. The van der Waals surface area contributed by atoms with Gasteiger partial charge in [-0.1, -0.05) is 27.7 Å². The molecule has 0 aromatic carbocycles. The summed E-state index contributed by atoms with van der Waals surface area (Å²) < 4.78 is 26.7. The summed E-state index contributed by atoms with van der Waals surface area (Å²) in [6, 6.07) is 0. The molecule has 4 bridgehead atoms. The average Bonchev–Trinajstić information content (AvgIpc) is 3.35. The molecule has 10 aliphatic rings. The first kappa shape index (κ1) is 30.5. The van der Waals surface area contributed by atoms with Crippen molar-refractivity contribution in [2.45, 2.75) is 153 Å². The van der Waals surface area contributed by atoms with Crippen molar-refractivity contribution in [1.29, 1.82) is 0 Å². The molecule has 17 atom stereocenters. The van der Waals surface area contributed by atoms with Crippen molar-refractivity contribution in [3.63, 3.8) is 0 Å². The minimum Gasteiger partial charge on any atom is -0.481 e. The Kier molecular flexibility index (Phi) is 7.15. The molecule has 0 aromatic rings. The van der Waals surface area contributed by atoms with Crippen LogP contribution in [0.3, 0.4) is 0 Å². The van der Waals surface area contributed by atoms with Crippen LogP contribution < -0.4 is 0 Å². The van der Waals surface area contributed by atoms with Gasteiger partial charge in [-0.3, -0.25) is 4.79 Å². The van der Waals surface area contributed by atoms with E-state index in [4.69, 9.17) is 38.5 Å². The van der Waals surface area contributed by atoms with Crippen molar-refractivity contribution in [3.8, 4) is 0 Å². The number of aliphatic carboxylic acids is 1. The van der Waals surface area contributed by atoms with Crippen molar-refractivity contribution >= 4 is 5.97 Å². The molecular weight excluding hydrogens is 568 g/mol. The summed E-state index contributed by atoms with van der Waals surface area (Å²) in [6.07, 6.45) is 6.75. The van der Waals surface area contributed by atoms with Gasteiger partial charge in [-0.25, -0.2) is 19.6 Å². The number of carbonyl (C=O) groups is 1. The summed E-state index contributed by atoms with van der Waals surface area (Å²) >= 11 is 0. The predicted molar refractivity (Wildman–Crippen MR) is 154 cm³/mol. The fraction of sp³-hybridized carbons (Fsp3) is 0.971. The fourth-order valence-corrected chi connectivity index (χ4v) is 11.4. The Labute approximate surface area is 260 Å². The van der Waals surface area contributed by atoms with Gasteiger partial charge in [0.1, 0.15) is 0 Å². The van der Waals surface area contributed by atoms with E-state index in [0.29, 0.717) is 24.7 Å². The first-order valence-electron chi connectivity index (χ1n) is 17.5. The van der Waals surface area contributed by atoms with Crippen LogP contribution in [-0.2, 0) is 43.3 Å². The maximum atomic E-state index is 12.9. The molecule has 8 aliphatic heterocycles. The highest BCUT2D eigenvalue weighted by Gasteiger charge is 2.71. The molecule has 0 radical (unpaired) electrons. The normalized spacial score (nSPS) is 58.3. The second kappa shape index (κ2) is 10.3. The number of rotatable bonds is 5. The van der Waals surface area contributed by atoms with E-state index in [2.05, 4.69) is 27.7 Å². The summed E-state index contributed by atoms with van der Waals surface area (Å²) in [5.74, 6) is -1.11. The highest BCUT2D eigenvalue weighted by atomic mass is 17.3. The van der Waals surface area contributed by atoms with Crippen LogP contribution in [-0.4, -0.2) is 58.6 Å². The second-order valence-electron chi connectivity index (χ2n) is 16.4. The largest absolute Gasteiger partial charge is 0.481 e. The quantitative estimate of drug-likeness (QED) is 0.369. The van der Waals surface area contributed by atoms with Gasteiger partial charge >= 0.3 is 5.97 Å². The van der Waals surface area contributed by atoms with Gasteiger partial charge in [0, 0.05) is 24.7 Å². The van der Waals surface area contributed by atoms with Crippen molar-refractivity contribution in [3.05, 3.63) is 0 Å². The molecule has 2 saturated carbocycles. The van der Waals surface area contributed by atoms with Gasteiger partial charge in [0.15, 0.2) is 23.8 Å². The van der Waals surface area contributed by atoms with E-state index in [1.807, 2.05) is 13.8 Å². The molecule has 2 spiro atoms. The Hall–Kier alpha value is -0.850. The molecule has 10 heteroatoms. The number of ether oxygens (including phenoxy) is 4. The highest BCUT2D eigenvalue weighted by molar-refractivity contribution is 5.70. The molecule has 0 aromatic heterocycles. The van der Waals surface area contributed by atoms with Crippen LogP contribution in [0.4, 0.5) is 0 Å². The lowest BCUT2D eigenvalue weighted by molar-refractivity contribution is -0.571. The smallest absolute Gasteiger partial charge is 0.306 e. The zero-order chi connectivity index (χ0) is 30.8. The summed E-state index contributed by atoms with van der Waals surface area (Å²) in [6.45, 7) is 12.9. The van der Waals surface area contributed by atoms with Gasteiger partial charge in [-0.2, -0.15) is 0 Å². The van der Waals surface area contributed by atoms with Gasteiger partial charge < -0.3 is 24.1 Å². The van der Waals surface area contributed by atoms with E-state index in [9.17, 15) is 9.90 Å². The Bertz CT molecular complexity index is 1070. The Morgan fingerprint density at radius 1 is 0.659 bits per heavy atom. The zero-order valence-electron chi connectivity index (χ0n) is 27.2. The topological polar surface area (TPSA) is 111 Å². The molecule has 44 heavy (non-hydrogen) atoms. The zero-order valence-corrected chi connectivity index (χ0v) is 27.2. The Balaban J connectivity index is 1.04. The van der Waals surface area contributed by atoms with Crippen molar-refractivity contribution in [2.24, 2.45) is 53.3 Å². The molecule has 248 valence electrons. The van der Waals surface area contributed by atoms with Crippen LogP contribution in [0.25, 0.3) is 0 Å². The molecule has 2 aliphatic carbocycles. The van der Waals surface area contributed by atoms with E-state index >= 15 is 0 Å². The van der Waals surface area contributed by atoms with Crippen molar-refractivity contribution in [1.82, 2.24) is 0 Å².